The number of hydrogen-bond donors (Lipinski definition) is 1. The Morgan fingerprint density at radius 3 is 2.46 bits per heavy atom. The average molecular weight is 367 g/mol. The van der Waals surface area contributed by atoms with Crippen molar-refractivity contribution in [3.8, 4) is 5.75 Å². The van der Waals surface area contributed by atoms with Crippen molar-refractivity contribution < 1.29 is 14.4 Å². The number of carbonyl (C=O) groups is 1. The monoisotopic (exact) mass is 366 g/mol. The lowest BCUT2D eigenvalue weighted by molar-refractivity contribution is -0.151. The number of carbonyl (C=O) groups excluding carboxylic acids is 1. The van der Waals surface area contributed by atoms with Crippen LogP contribution in [0.1, 0.15) is 18.1 Å². The van der Waals surface area contributed by atoms with Gasteiger partial charge in [-0.3, -0.25) is 0 Å². The van der Waals surface area contributed by atoms with E-state index in [1.54, 1.807) is 24.3 Å². The van der Waals surface area contributed by atoms with Crippen LogP contribution in [0.25, 0.3) is 0 Å². The Labute approximate surface area is 149 Å². The Morgan fingerprint density at radius 1 is 1.17 bits per heavy atom. The van der Waals surface area contributed by atoms with Crippen molar-refractivity contribution in [1.29, 1.82) is 0 Å². The number of amidine groups is 1. The molecular weight excluding hydrogens is 351 g/mol. The lowest BCUT2D eigenvalue weighted by Gasteiger charge is -2.13. The third-order valence-electron chi connectivity index (χ3n) is 3.11. The highest BCUT2D eigenvalue weighted by Gasteiger charge is 2.18. The normalized spacial score (nSPS) is 12.6. The zero-order valence-electron chi connectivity index (χ0n) is 13.1. The maximum atomic E-state index is 11.9. The maximum Gasteiger partial charge on any atom is 0.374 e. The van der Waals surface area contributed by atoms with Gasteiger partial charge in [-0.25, -0.2) is 4.79 Å². The van der Waals surface area contributed by atoms with Gasteiger partial charge in [-0.05, 0) is 32.0 Å². The van der Waals surface area contributed by atoms with Crippen molar-refractivity contribution in [2.24, 2.45) is 10.9 Å². The average Bonchev–Trinajstić information content (AvgIpc) is 2.55. The molecular formula is C17H16Cl2N2O3. The van der Waals surface area contributed by atoms with Crippen molar-refractivity contribution in [2.45, 2.75) is 20.0 Å². The van der Waals surface area contributed by atoms with Crippen LogP contribution >= 0.6 is 23.2 Å². The second kappa shape index (κ2) is 8.04. The van der Waals surface area contributed by atoms with Gasteiger partial charge in [-0.2, -0.15) is 0 Å². The van der Waals surface area contributed by atoms with Gasteiger partial charge in [0.15, 0.2) is 11.9 Å². The number of nitrogens with two attached hydrogens (primary N) is 1. The predicted molar refractivity (Wildman–Crippen MR) is 94.5 cm³/mol. The molecule has 2 aromatic carbocycles. The minimum Gasteiger partial charge on any atom is -0.477 e. The van der Waals surface area contributed by atoms with Gasteiger partial charge in [0.25, 0.3) is 0 Å². The number of aryl methyl sites for hydroxylation is 1. The van der Waals surface area contributed by atoms with Crippen LogP contribution in [-0.2, 0) is 9.63 Å². The van der Waals surface area contributed by atoms with Crippen LogP contribution in [0.5, 0.6) is 5.75 Å². The molecule has 0 heterocycles. The van der Waals surface area contributed by atoms with Gasteiger partial charge in [0, 0.05) is 10.6 Å². The molecule has 0 aliphatic heterocycles. The number of benzene rings is 2. The summed E-state index contributed by atoms with van der Waals surface area (Å²) in [5.74, 6) is -0.280. The van der Waals surface area contributed by atoms with Gasteiger partial charge in [-0.15, -0.1) is 0 Å². The SMILES string of the molecule is Cc1ccc(/C(N)=N/OC(=O)C(C)Oc2ccc(Cl)cc2Cl)cc1. The lowest BCUT2D eigenvalue weighted by atomic mass is 10.1. The maximum absolute atomic E-state index is 11.9. The van der Waals surface area contributed by atoms with E-state index in [2.05, 4.69) is 5.16 Å². The summed E-state index contributed by atoms with van der Waals surface area (Å²) in [5, 5.41) is 4.40. The number of nitrogens with zero attached hydrogens (tertiary/aromatic N) is 1. The molecule has 0 aliphatic carbocycles. The Morgan fingerprint density at radius 2 is 1.83 bits per heavy atom. The molecule has 2 N–H and O–H groups in total. The topological polar surface area (TPSA) is 73.9 Å². The van der Waals surface area contributed by atoms with Crippen molar-refractivity contribution in [1.82, 2.24) is 0 Å². The van der Waals surface area contributed by atoms with E-state index in [0.717, 1.165) is 5.56 Å². The Bertz CT molecular complexity index is 761. The van der Waals surface area contributed by atoms with Gasteiger partial charge in [-0.1, -0.05) is 58.2 Å². The fraction of sp³-hybridized carbons (Fsp3) is 0.176. The summed E-state index contributed by atoms with van der Waals surface area (Å²) in [5.41, 5.74) is 7.53. The summed E-state index contributed by atoms with van der Waals surface area (Å²) in [7, 11) is 0. The number of oxime groups is 1. The first-order valence-corrected chi connectivity index (χ1v) is 7.85. The van der Waals surface area contributed by atoms with Crippen LogP contribution in [0.4, 0.5) is 0 Å². The summed E-state index contributed by atoms with van der Waals surface area (Å²) < 4.78 is 5.44. The fourth-order valence-corrected chi connectivity index (χ4v) is 2.21. The number of halogens is 2. The molecule has 2 rings (SSSR count). The second-order valence-electron chi connectivity index (χ2n) is 5.09. The third-order valence-corrected chi connectivity index (χ3v) is 3.64. The fourth-order valence-electron chi connectivity index (χ4n) is 1.75. The molecule has 5 nitrogen and oxygen atoms in total. The second-order valence-corrected chi connectivity index (χ2v) is 5.93. The van der Waals surface area contributed by atoms with E-state index in [1.807, 2.05) is 19.1 Å². The molecule has 0 saturated heterocycles. The van der Waals surface area contributed by atoms with Crippen molar-refractivity contribution in [3.63, 3.8) is 0 Å². The van der Waals surface area contributed by atoms with Crippen molar-refractivity contribution in [3.05, 3.63) is 63.6 Å². The van der Waals surface area contributed by atoms with Gasteiger partial charge < -0.3 is 15.3 Å². The van der Waals surface area contributed by atoms with E-state index in [4.69, 9.17) is 38.5 Å². The number of hydrogen-bond acceptors (Lipinski definition) is 4. The zero-order chi connectivity index (χ0) is 17.7. The summed E-state index contributed by atoms with van der Waals surface area (Å²) in [6.45, 7) is 3.48. The molecule has 0 bridgehead atoms. The third kappa shape index (κ3) is 4.88. The quantitative estimate of drug-likeness (QED) is 0.376. The molecule has 24 heavy (non-hydrogen) atoms. The first-order chi connectivity index (χ1) is 11.4. The molecule has 0 aromatic heterocycles. The van der Waals surface area contributed by atoms with Crippen LogP contribution in [0, 0.1) is 6.92 Å². The van der Waals surface area contributed by atoms with E-state index in [0.29, 0.717) is 21.4 Å². The molecule has 2 aromatic rings. The van der Waals surface area contributed by atoms with Crippen LogP contribution in [0.2, 0.25) is 10.0 Å². The molecule has 0 amide bonds. The zero-order valence-corrected chi connectivity index (χ0v) is 14.6. The molecule has 0 aliphatic rings. The van der Waals surface area contributed by atoms with E-state index in [9.17, 15) is 4.79 Å². The highest BCUT2D eigenvalue weighted by molar-refractivity contribution is 6.35. The Hall–Kier alpha value is -2.24. The Balaban J connectivity index is 1.98. The van der Waals surface area contributed by atoms with E-state index >= 15 is 0 Å². The molecule has 0 radical (unpaired) electrons. The van der Waals surface area contributed by atoms with E-state index in [1.165, 1.54) is 13.0 Å². The van der Waals surface area contributed by atoms with Crippen molar-refractivity contribution in [2.75, 3.05) is 0 Å². The van der Waals surface area contributed by atoms with Crippen LogP contribution in [0.15, 0.2) is 47.6 Å². The first-order valence-electron chi connectivity index (χ1n) is 7.10. The van der Waals surface area contributed by atoms with Gasteiger partial charge in [0.1, 0.15) is 5.75 Å². The highest BCUT2D eigenvalue weighted by Crippen LogP contribution is 2.28. The molecule has 0 saturated carbocycles. The van der Waals surface area contributed by atoms with Crippen molar-refractivity contribution >= 4 is 35.0 Å². The standard InChI is InChI=1S/C17H16Cl2N2O3/c1-10-3-5-12(6-4-10)16(20)21-24-17(22)11(2)23-15-8-7-13(18)9-14(15)19/h3-9,11H,1-2H3,(H2,20,21). The molecule has 1 atom stereocenters. The summed E-state index contributed by atoms with van der Waals surface area (Å²) in [4.78, 5) is 16.8. The molecule has 0 spiro atoms. The first kappa shape index (κ1) is 18.1. The molecule has 1 unspecified atom stereocenters. The molecule has 126 valence electrons. The lowest BCUT2D eigenvalue weighted by Crippen LogP contribution is -2.26. The molecule has 0 fully saturated rings. The minimum atomic E-state index is -0.918. The van der Waals surface area contributed by atoms with Gasteiger partial charge >= 0.3 is 5.97 Å². The predicted octanol–water partition coefficient (Wildman–Crippen LogP) is 3.93. The van der Waals surface area contributed by atoms with Gasteiger partial charge in [0.05, 0.1) is 5.02 Å². The van der Waals surface area contributed by atoms with Crippen LogP contribution < -0.4 is 10.5 Å². The molecule has 7 heteroatoms. The largest absolute Gasteiger partial charge is 0.477 e. The smallest absolute Gasteiger partial charge is 0.374 e. The Kier molecular flexibility index (Phi) is 6.06. The summed E-state index contributed by atoms with van der Waals surface area (Å²) in [6, 6.07) is 12.0. The van der Waals surface area contributed by atoms with E-state index in [-0.39, 0.29) is 5.84 Å². The van der Waals surface area contributed by atoms with Gasteiger partial charge in [0.2, 0.25) is 0 Å². The minimum absolute atomic E-state index is 0.0973. The summed E-state index contributed by atoms with van der Waals surface area (Å²) in [6.07, 6.45) is -0.918. The summed E-state index contributed by atoms with van der Waals surface area (Å²) >= 11 is 11.8. The van der Waals surface area contributed by atoms with Crippen LogP contribution in [-0.4, -0.2) is 17.9 Å². The van der Waals surface area contributed by atoms with E-state index < -0.39 is 12.1 Å². The number of ether oxygens (including phenoxy) is 1. The van der Waals surface area contributed by atoms with Crippen LogP contribution in [0.3, 0.4) is 0 Å². The highest BCUT2D eigenvalue weighted by atomic mass is 35.5. The number of rotatable bonds is 5.